The number of methoxy groups -OCH3 is 1. The number of hydrogen-bond acceptors (Lipinski definition) is 4. The zero-order valence-corrected chi connectivity index (χ0v) is 13.8. The summed E-state index contributed by atoms with van der Waals surface area (Å²) in [5.74, 6) is 0.186. The number of esters is 1. The molecule has 3 rings (SSSR count). The Kier molecular flexibility index (Phi) is 4.56. The van der Waals surface area contributed by atoms with Crippen LogP contribution in [0.2, 0.25) is 0 Å². The minimum absolute atomic E-state index is 0.261. The van der Waals surface area contributed by atoms with E-state index >= 15 is 0 Å². The molecule has 4 heteroatoms. The third-order valence-corrected chi connectivity index (χ3v) is 4.31. The van der Waals surface area contributed by atoms with Crippen molar-refractivity contribution in [1.82, 2.24) is 0 Å². The van der Waals surface area contributed by atoms with Crippen molar-refractivity contribution in [2.75, 3.05) is 13.7 Å². The maximum atomic E-state index is 11.7. The van der Waals surface area contributed by atoms with Crippen molar-refractivity contribution in [1.29, 1.82) is 0 Å². The molecule has 0 saturated carbocycles. The molecule has 1 unspecified atom stereocenters. The molecule has 0 aromatic heterocycles. The summed E-state index contributed by atoms with van der Waals surface area (Å²) in [5.41, 5.74) is 3.44. The predicted molar refractivity (Wildman–Crippen MR) is 92.1 cm³/mol. The van der Waals surface area contributed by atoms with E-state index in [1.54, 1.807) is 19.1 Å². The number of benzene rings is 2. The molecule has 0 amide bonds. The highest BCUT2D eigenvalue weighted by molar-refractivity contribution is 5.78. The molecule has 0 bridgehead atoms. The largest absolute Gasteiger partial charge is 0.507 e. The van der Waals surface area contributed by atoms with Crippen molar-refractivity contribution in [3.8, 4) is 5.75 Å². The van der Waals surface area contributed by atoms with Gasteiger partial charge in [-0.05, 0) is 30.2 Å². The number of aliphatic hydroxyl groups excluding tert-OH is 1. The SMILES string of the molecule is COC(=O)C(C)c1ccc2c(c1)OCC(Cc1ccccc1)=C2O. The fourth-order valence-electron chi connectivity index (χ4n) is 2.84. The van der Waals surface area contributed by atoms with Crippen LogP contribution in [0.5, 0.6) is 5.75 Å². The molecule has 2 aromatic rings. The Hall–Kier alpha value is -2.75. The van der Waals surface area contributed by atoms with Crippen molar-refractivity contribution in [3.05, 3.63) is 70.8 Å². The minimum atomic E-state index is -0.374. The van der Waals surface area contributed by atoms with Gasteiger partial charge in [0.15, 0.2) is 0 Å². The standard InChI is InChI=1S/C20H20O4/c1-13(20(22)23-2)15-8-9-17-18(11-15)24-12-16(19(17)21)10-14-6-4-3-5-7-14/h3-9,11,13,21H,10,12H2,1-2H3. The highest BCUT2D eigenvalue weighted by Crippen LogP contribution is 2.35. The van der Waals surface area contributed by atoms with Gasteiger partial charge in [0.1, 0.15) is 18.1 Å². The van der Waals surface area contributed by atoms with Gasteiger partial charge in [0.25, 0.3) is 0 Å². The second-order valence-electron chi connectivity index (χ2n) is 5.90. The van der Waals surface area contributed by atoms with Crippen molar-refractivity contribution >= 4 is 11.7 Å². The molecule has 2 aromatic carbocycles. The molecular formula is C20H20O4. The van der Waals surface area contributed by atoms with E-state index in [-0.39, 0.29) is 17.6 Å². The number of hydrogen-bond donors (Lipinski definition) is 1. The smallest absolute Gasteiger partial charge is 0.312 e. The van der Waals surface area contributed by atoms with E-state index in [0.29, 0.717) is 24.3 Å². The molecule has 24 heavy (non-hydrogen) atoms. The molecule has 124 valence electrons. The number of ether oxygens (including phenoxy) is 2. The summed E-state index contributed by atoms with van der Waals surface area (Å²) < 4.78 is 10.6. The number of fused-ring (bicyclic) bond motifs is 1. The van der Waals surface area contributed by atoms with Gasteiger partial charge in [-0.2, -0.15) is 0 Å². The highest BCUT2D eigenvalue weighted by Gasteiger charge is 2.23. The van der Waals surface area contributed by atoms with Gasteiger partial charge in [0.05, 0.1) is 18.6 Å². The molecule has 1 aliphatic heterocycles. The molecule has 4 nitrogen and oxygen atoms in total. The second-order valence-corrected chi connectivity index (χ2v) is 5.90. The lowest BCUT2D eigenvalue weighted by atomic mass is 9.95. The van der Waals surface area contributed by atoms with Gasteiger partial charge in [-0.15, -0.1) is 0 Å². The summed E-state index contributed by atoms with van der Waals surface area (Å²) in [4.78, 5) is 11.7. The van der Waals surface area contributed by atoms with Crippen molar-refractivity contribution in [2.24, 2.45) is 0 Å². The Morgan fingerprint density at radius 1 is 1.25 bits per heavy atom. The highest BCUT2D eigenvalue weighted by atomic mass is 16.5. The van der Waals surface area contributed by atoms with Crippen LogP contribution in [0.25, 0.3) is 5.76 Å². The normalized spacial score (nSPS) is 14.6. The molecule has 0 saturated heterocycles. The topological polar surface area (TPSA) is 55.8 Å². The first-order valence-corrected chi connectivity index (χ1v) is 7.90. The Balaban J connectivity index is 1.88. The Morgan fingerprint density at radius 3 is 2.71 bits per heavy atom. The average Bonchev–Trinajstić information content (AvgIpc) is 2.63. The monoisotopic (exact) mass is 324 g/mol. The van der Waals surface area contributed by atoms with E-state index < -0.39 is 0 Å². The number of aliphatic hydroxyl groups is 1. The van der Waals surface area contributed by atoms with Crippen LogP contribution in [0.4, 0.5) is 0 Å². The van der Waals surface area contributed by atoms with Crippen LogP contribution in [0.3, 0.4) is 0 Å². The fourth-order valence-corrected chi connectivity index (χ4v) is 2.84. The van der Waals surface area contributed by atoms with Crippen molar-refractivity contribution in [3.63, 3.8) is 0 Å². The first-order chi connectivity index (χ1) is 11.6. The molecule has 1 atom stereocenters. The van der Waals surface area contributed by atoms with Gasteiger partial charge in [-0.1, -0.05) is 36.4 Å². The summed E-state index contributed by atoms with van der Waals surface area (Å²) in [5, 5.41) is 10.6. The van der Waals surface area contributed by atoms with Crippen LogP contribution >= 0.6 is 0 Å². The molecule has 1 aliphatic rings. The molecular weight excluding hydrogens is 304 g/mol. The summed E-state index contributed by atoms with van der Waals surface area (Å²) in [6.45, 7) is 2.12. The van der Waals surface area contributed by atoms with E-state index in [1.165, 1.54) is 7.11 Å². The maximum Gasteiger partial charge on any atom is 0.312 e. The summed E-state index contributed by atoms with van der Waals surface area (Å²) in [6, 6.07) is 15.4. The minimum Gasteiger partial charge on any atom is -0.507 e. The van der Waals surface area contributed by atoms with Crippen LogP contribution in [-0.4, -0.2) is 24.8 Å². The Morgan fingerprint density at radius 2 is 2.00 bits per heavy atom. The molecule has 0 aliphatic carbocycles. The first-order valence-electron chi connectivity index (χ1n) is 7.90. The van der Waals surface area contributed by atoms with E-state index in [2.05, 4.69) is 0 Å². The van der Waals surface area contributed by atoms with Crippen LogP contribution in [0, 0.1) is 0 Å². The Labute approximate surface area is 141 Å². The number of rotatable bonds is 4. The molecule has 1 heterocycles. The van der Waals surface area contributed by atoms with Gasteiger partial charge in [-0.3, -0.25) is 4.79 Å². The van der Waals surface area contributed by atoms with Crippen molar-refractivity contribution in [2.45, 2.75) is 19.3 Å². The van der Waals surface area contributed by atoms with Gasteiger partial charge in [0.2, 0.25) is 0 Å². The van der Waals surface area contributed by atoms with Crippen LogP contribution in [-0.2, 0) is 16.0 Å². The number of carbonyl (C=O) groups is 1. The summed E-state index contributed by atoms with van der Waals surface area (Å²) in [6.07, 6.45) is 0.645. The van der Waals surface area contributed by atoms with Crippen LogP contribution in [0.15, 0.2) is 54.1 Å². The van der Waals surface area contributed by atoms with E-state index in [0.717, 1.165) is 16.7 Å². The van der Waals surface area contributed by atoms with Gasteiger partial charge in [0, 0.05) is 12.0 Å². The van der Waals surface area contributed by atoms with Crippen molar-refractivity contribution < 1.29 is 19.4 Å². The van der Waals surface area contributed by atoms with Crippen LogP contribution in [0.1, 0.15) is 29.5 Å². The lowest BCUT2D eigenvalue weighted by molar-refractivity contribution is -0.141. The van der Waals surface area contributed by atoms with Gasteiger partial charge >= 0.3 is 5.97 Å². The third-order valence-electron chi connectivity index (χ3n) is 4.31. The Bertz CT molecular complexity index is 777. The summed E-state index contributed by atoms with van der Waals surface area (Å²) in [7, 11) is 1.37. The number of carbonyl (C=O) groups excluding carboxylic acids is 1. The second kappa shape index (κ2) is 6.79. The lowest BCUT2D eigenvalue weighted by Crippen LogP contribution is -2.15. The fraction of sp³-hybridized carbons (Fsp3) is 0.250. The predicted octanol–water partition coefficient (Wildman–Crippen LogP) is 3.87. The molecule has 1 N–H and O–H groups in total. The van der Waals surface area contributed by atoms with E-state index in [4.69, 9.17) is 9.47 Å². The molecule has 0 spiro atoms. The van der Waals surface area contributed by atoms with Crippen LogP contribution < -0.4 is 4.74 Å². The van der Waals surface area contributed by atoms with Gasteiger partial charge in [-0.25, -0.2) is 0 Å². The zero-order chi connectivity index (χ0) is 17.1. The first kappa shape index (κ1) is 16.1. The quantitative estimate of drug-likeness (QED) is 0.868. The maximum absolute atomic E-state index is 11.7. The molecule has 0 fully saturated rings. The zero-order valence-electron chi connectivity index (χ0n) is 13.8. The summed E-state index contributed by atoms with van der Waals surface area (Å²) >= 11 is 0. The average molecular weight is 324 g/mol. The molecule has 0 radical (unpaired) electrons. The third kappa shape index (κ3) is 3.13. The van der Waals surface area contributed by atoms with E-state index in [9.17, 15) is 9.90 Å². The lowest BCUT2D eigenvalue weighted by Gasteiger charge is -2.22. The van der Waals surface area contributed by atoms with Gasteiger partial charge < -0.3 is 14.6 Å². The van der Waals surface area contributed by atoms with E-state index in [1.807, 2.05) is 36.4 Å².